The molecule has 0 radical (unpaired) electrons. The highest BCUT2D eigenvalue weighted by atomic mass is 31.1. The summed E-state index contributed by atoms with van der Waals surface area (Å²) >= 11 is 0. The Hall–Kier alpha value is -0.0800. The van der Waals surface area contributed by atoms with Crippen LogP contribution in [-0.2, 0) is 0 Å². The Balaban J connectivity index is -0.000000167. The Labute approximate surface area is 171 Å². The van der Waals surface area contributed by atoms with Crippen LogP contribution in [0.2, 0.25) is 0 Å². The molecule has 1 aromatic carbocycles. The Morgan fingerprint density at radius 1 is 0.462 bits per heavy atom. The van der Waals surface area contributed by atoms with Gasteiger partial charge in [0.05, 0.1) is 16.4 Å². The molecule has 0 atom stereocenters. The molecule has 162 valence electrons. The van der Waals surface area contributed by atoms with Crippen LogP contribution < -0.4 is 10.6 Å². The molecule has 0 spiro atoms. The largest absolute Gasteiger partial charge is 0.272 e. The van der Waals surface area contributed by atoms with E-state index >= 15 is 0 Å². The molecule has 0 aliphatic carbocycles. The molecule has 0 aromatic heterocycles. The highest BCUT2D eigenvalue weighted by Crippen LogP contribution is 2.44. The smallest absolute Gasteiger partial charge is 0.0721 e. The lowest BCUT2D eigenvalue weighted by molar-refractivity contribution is 0.581. The summed E-state index contributed by atoms with van der Waals surface area (Å²) in [4.78, 5) is 0. The molecule has 0 N–H and O–H groups in total. The molecule has 0 amide bonds. The fraction of sp³-hybridized carbons (Fsp3) is 0.700. The quantitative estimate of drug-likeness (QED) is 0.564. The van der Waals surface area contributed by atoms with Crippen molar-refractivity contribution in [1.29, 1.82) is 0 Å². The van der Waals surface area contributed by atoms with Gasteiger partial charge in [-0.2, -0.15) is 0 Å². The van der Waals surface area contributed by atoms with Gasteiger partial charge >= 0.3 is 0 Å². The average molecular weight is 411 g/mol. The van der Waals surface area contributed by atoms with Crippen LogP contribution in [0.3, 0.4) is 0 Å². The summed E-state index contributed by atoms with van der Waals surface area (Å²) in [7, 11) is 16.4. The van der Waals surface area contributed by atoms with Crippen molar-refractivity contribution < 1.29 is 0 Å². The Morgan fingerprint density at radius 2 is 0.654 bits per heavy atom. The van der Waals surface area contributed by atoms with Gasteiger partial charge in [0, 0.05) is 10.6 Å². The second kappa shape index (κ2) is 18.3. The molecule has 4 nitrogen and oxygen atoms in total. The predicted octanol–water partition coefficient (Wildman–Crippen LogP) is 5.62. The molecule has 0 saturated carbocycles. The van der Waals surface area contributed by atoms with Gasteiger partial charge < -0.3 is 0 Å². The number of benzene rings is 1. The van der Waals surface area contributed by atoms with Crippen molar-refractivity contribution in [3.63, 3.8) is 0 Å². The van der Waals surface area contributed by atoms with Crippen LogP contribution in [0.4, 0.5) is 0 Å². The van der Waals surface area contributed by atoms with E-state index in [0.29, 0.717) is 0 Å². The van der Waals surface area contributed by atoms with Crippen molar-refractivity contribution in [1.82, 2.24) is 18.7 Å². The van der Waals surface area contributed by atoms with Crippen molar-refractivity contribution in [3.05, 3.63) is 24.3 Å². The van der Waals surface area contributed by atoms with Crippen molar-refractivity contribution in [3.8, 4) is 0 Å². The summed E-state index contributed by atoms with van der Waals surface area (Å²) in [6.45, 7) is 0. The third kappa shape index (κ3) is 10.3. The second-order valence-corrected chi connectivity index (χ2v) is 10.8. The van der Waals surface area contributed by atoms with Crippen molar-refractivity contribution >= 4 is 27.1 Å². The van der Waals surface area contributed by atoms with Gasteiger partial charge in [0.15, 0.2) is 0 Å². The molecule has 0 bridgehead atoms. The lowest BCUT2D eigenvalue weighted by Crippen LogP contribution is -2.36. The lowest BCUT2D eigenvalue weighted by atomic mass is 10.4. The first kappa shape index (κ1) is 40.6. The van der Waals surface area contributed by atoms with Gasteiger partial charge in [0.25, 0.3) is 0 Å². The Morgan fingerprint density at radius 3 is 0.808 bits per heavy atom. The average Bonchev–Trinajstić information content (AvgIpc) is 2.29. The number of rotatable bonds is 6. The molecular formula is C20H52N4P2. The summed E-state index contributed by atoms with van der Waals surface area (Å²) in [6.07, 6.45) is 0. The molecule has 0 heterocycles. The molecule has 0 aliphatic rings. The van der Waals surface area contributed by atoms with Gasteiger partial charge in [-0.25, -0.2) is 0 Å². The molecule has 1 aromatic rings. The third-order valence-corrected chi connectivity index (χ3v) is 7.68. The SMILES string of the molecule is C.C.C.C.C.C.CN(C)P(c1ccccc1P(N(C)C)N(C)C)N(C)C. The third-order valence-electron chi connectivity index (χ3n) is 2.83. The molecule has 0 fully saturated rings. The minimum atomic E-state index is -0.447. The minimum Gasteiger partial charge on any atom is -0.272 e. The van der Waals surface area contributed by atoms with Gasteiger partial charge in [-0.15, -0.1) is 0 Å². The highest BCUT2D eigenvalue weighted by molar-refractivity contribution is 7.67. The molecule has 6 heteroatoms. The maximum atomic E-state index is 2.33. The van der Waals surface area contributed by atoms with Gasteiger partial charge in [-0.1, -0.05) is 68.8 Å². The molecular weight excluding hydrogens is 358 g/mol. The van der Waals surface area contributed by atoms with Crippen LogP contribution in [0.5, 0.6) is 0 Å². The number of hydrogen-bond acceptors (Lipinski definition) is 4. The van der Waals surface area contributed by atoms with E-state index in [4.69, 9.17) is 0 Å². The summed E-state index contributed by atoms with van der Waals surface area (Å²) in [5.41, 5.74) is 0. The van der Waals surface area contributed by atoms with E-state index in [9.17, 15) is 0 Å². The molecule has 0 unspecified atom stereocenters. The lowest BCUT2D eigenvalue weighted by Gasteiger charge is -2.36. The fourth-order valence-corrected chi connectivity index (χ4v) is 7.07. The van der Waals surface area contributed by atoms with Gasteiger partial charge in [-0.05, 0) is 56.4 Å². The van der Waals surface area contributed by atoms with Crippen LogP contribution >= 0.6 is 16.4 Å². The molecule has 0 aliphatic heterocycles. The van der Waals surface area contributed by atoms with Crippen LogP contribution in [0.15, 0.2) is 24.3 Å². The van der Waals surface area contributed by atoms with E-state index in [2.05, 4.69) is 99.3 Å². The summed E-state index contributed by atoms with van der Waals surface area (Å²) < 4.78 is 9.31. The van der Waals surface area contributed by atoms with Crippen LogP contribution in [0.1, 0.15) is 44.6 Å². The number of hydrogen-bond donors (Lipinski definition) is 0. The van der Waals surface area contributed by atoms with E-state index in [1.807, 2.05) is 0 Å². The summed E-state index contributed by atoms with van der Waals surface area (Å²) in [5.74, 6) is 0. The highest BCUT2D eigenvalue weighted by Gasteiger charge is 2.26. The molecule has 26 heavy (non-hydrogen) atoms. The minimum absolute atomic E-state index is 0. The predicted molar refractivity (Wildman–Crippen MR) is 135 cm³/mol. The van der Waals surface area contributed by atoms with E-state index in [1.165, 1.54) is 10.6 Å². The monoisotopic (exact) mass is 410 g/mol. The zero-order chi connectivity index (χ0) is 15.4. The zero-order valence-electron chi connectivity index (χ0n) is 14.0. The molecule has 1 rings (SSSR count). The first-order valence-electron chi connectivity index (χ1n) is 6.65. The van der Waals surface area contributed by atoms with Gasteiger partial charge in [0.2, 0.25) is 0 Å². The maximum Gasteiger partial charge on any atom is 0.0721 e. The van der Waals surface area contributed by atoms with Gasteiger partial charge in [0.1, 0.15) is 0 Å². The van der Waals surface area contributed by atoms with Crippen LogP contribution in [0.25, 0.3) is 0 Å². The van der Waals surface area contributed by atoms with Crippen molar-refractivity contribution in [2.24, 2.45) is 0 Å². The van der Waals surface area contributed by atoms with Crippen molar-refractivity contribution in [2.45, 2.75) is 44.6 Å². The first-order valence-corrected chi connectivity index (χ1v) is 9.15. The van der Waals surface area contributed by atoms with E-state index in [-0.39, 0.29) is 44.6 Å². The van der Waals surface area contributed by atoms with Gasteiger partial charge in [-0.3, -0.25) is 18.7 Å². The topological polar surface area (TPSA) is 13.0 Å². The van der Waals surface area contributed by atoms with E-state index in [1.54, 1.807) is 0 Å². The van der Waals surface area contributed by atoms with Crippen LogP contribution in [0, 0.1) is 0 Å². The standard InChI is InChI=1S/C14H28N4P2.6CH4/c1-15(2)19(16(3)4)13-11-9-10-12-14(13)20(17(5)6)18(7)8;;;;;;/h9-12H,1-8H3;6*1H4. The summed E-state index contributed by atoms with van der Waals surface area (Å²) in [5, 5.41) is 2.90. The Bertz CT molecular complexity index is 369. The second-order valence-electron chi connectivity index (χ2n) is 5.46. The first-order chi connectivity index (χ1) is 9.27. The van der Waals surface area contributed by atoms with Crippen molar-refractivity contribution in [2.75, 3.05) is 56.4 Å². The zero-order valence-corrected chi connectivity index (χ0v) is 15.8. The summed E-state index contributed by atoms with van der Waals surface area (Å²) in [6, 6.07) is 8.87. The fourth-order valence-electron chi connectivity index (χ4n) is 2.38. The van der Waals surface area contributed by atoms with E-state index < -0.39 is 16.4 Å². The normalized spacial score (nSPS) is 9.77. The van der Waals surface area contributed by atoms with E-state index in [0.717, 1.165) is 0 Å². The Kier molecular flexibility index (Phi) is 28.5. The maximum absolute atomic E-state index is 2.33. The number of nitrogens with zero attached hydrogens (tertiary/aromatic N) is 4. The van der Waals surface area contributed by atoms with Crippen LogP contribution in [-0.4, -0.2) is 75.1 Å². The molecule has 0 saturated heterocycles.